The van der Waals surface area contributed by atoms with Gasteiger partial charge in [-0.05, 0) is 44.5 Å². The summed E-state index contributed by atoms with van der Waals surface area (Å²) in [7, 11) is 1.66. The van der Waals surface area contributed by atoms with Gasteiger partial charge in [0.05, 0.1) is 17.2 Å². The first-order valence-corrected chi connectivity index (χ1v) is 9.39. The summed E-state index contributed by atoms with van der Waals surface area (Å²) in [6, 6.07) is 2.12. The van der Waals surface area contributed by atoms with Crippen molar-refractivity contribution < 1.29 is 9.34 Å². The van der Waals surface area contributed by atoms with Gasteiger partial charge in [-0.2, -0.15) is 11.8 Å². The second-order valence-electron chi connectivity index (χ2n) is 5.86. The zero-order chi connectivity index (χ0) is 17.4. The van der Waals surface area contributed by atoms with Gasteiger partial charge in [-0.3, -0.25) is 15.0 Å². The fourth-order valence-corrected chi connectivity index (χ4v) is 3.43. The van der Waals surface area contributed by atoms with Crippen LogP contribution in [0, 0.1) is 17.0 Å². The smallest absolute Gasteiger partial charge is 0.274 e. The van der Waals surface area contributed by atoms with Gasteiger partial charge in [0.25, 0.3) is 6.20 Å². The average molecular weight is 354 g/mol. The monoisotopic (exact) mass is 354 g/mol. The van der Waals surface area contributed by atoms with Gasteiger partial charge in [-0.15, -0.1) is 0 Å². The minimum Gasteiger partial charge on any atom is -0.464 e. The molecule has 0 aliphatic carbocycles. The standard InChI is InChI=1S/C16H26N4O3S/c1-13-9-14(23-15(13)10-19-6-3-4-7-19)12-24-8-5-18-16(17-2)11-20(21)22/h9,11,17-18H,3-8,10,12H2,1-2H3/b16-11+. The first-order valence-electron chi connectivity index (χ1n) is 8.23. The van der Waals surface area contributed by atoms with Crippen LogP contribution >= 0.6 is 11.8 Å². The molecule has 1 aliphatic heterocycles. The summed E-state index contributed by atoms with van der Waals surface area (Å²) in [6.07, 6.45) is 3.51. The molecule has 0 spiro atoms. The van der Waals surface area contributed by atoms with Crippen LogP contribution in [0.1, 0.15) is 29.9 Å². The molecular formula is C16H26N4O3S. The maximum Gasteiger partial charge on any atom is 0.274 e. The molecule has 1 aromatic heterocycles. The van der Waals surface area contributed by atoms with E-state index in [1.54, 1.807) is 18.8 Å². The Kier molecular flexibility index (Phi) is 7.45. The number of aryl methyl sites for hydroxylation is 1. The van der Waals surface area contributed by atoms with E-state index < -0.39 is 4.92 Å². The van der Waals surface area contributed by atoms with Crippen molar-refractivity contribution in [1.29, 1.82) is 0 Å². The van der Waals surface area contributed by atoms with E-state index in [9.17, 15) is 10.1 Å². The van der Waals surface area contributed by atoms with Gasteiger partial charge in [-0.25, -0.2) is 0 Å². The molecule has 0 radical (unpaired) electrons. The van der Waals surface area contributed by atoms with Crippen LogP contribution in [0.3, 0.4) is 0 Å². The molecule has 1 aromatic rings. The molecule has 0 atom stereocenters. The first-order chi connectivity index (χ1) is 11.6. The number of hydrogen-bond acceptors (Lipinski definition) is 7. The Morgan fingerprint density at radius 2 is 2.25 bits per heavy atom. The molecule has 0 amide bonds. The van der Waals surface area contributed by atoms with Crippen LogP contribution < -0.4 is 10.6 Å². The highest BCUT2D eigenvalue weighted by Crippen LogP contribution is 2.22. The quantitative estimate of drug-likeness (QED) is 0.379. The van der Waals surface area contributed by atoms with Crippen molar-refractivity contribution >= 4 is 11.8 Å². The van der Waals surface area contributed by atoms with Gasteiger partial charge < -0.3 is 15.1 Å². The number of rotatable bonds is 10. The number of thioether (sulfide) groups is 1. The van der Waals surface area contributed by atoms with E-state index in [-0.39, 0.29) is 0 Å². The Bertz CT molecular complexity index is 568. The second-order valence-corrected chi connectivity index (χ2v) is 6.96. The Morgan fingerprint density at radius 1 is 1.50 bits per heavy atom. The number of nitro groups is 1. The van der Waals surface area contributed by atoms with Crippen molar-refractivity contribution in [3.05, 3.63) is 45.3 Å². The maximum absolute atomic E-state index is 10.4. The topological polar surface area (TPSA) is 83.6 Å². The van der Waals surface area contributed by atoms with Gasteiger partial charge in [0.1, 0.15) is 11.5 Å². The van der Waals surface area contributed by atoms with E-state index in [1.165, 1.54) is 31.5 Å². The molecule has 134 valence electrons. The van der Waals surface area contributed by atoms with E-state index in [1.807, 2.05) is 0 Å². The lowest BCUT2D eigenvalue weighted by Gasteiger charge is -2.12. The van der Waals surface area contributed by atoms with Crippen LogP contribution in [0.25, 0.3) is 0 Å². The van der Waals surface area contributed by atoms with E-state index >= 15 is 0 Å². The van der Waals surface area contributed by atoms with Crippen molar-refractivity contribution in [3.63, 3.8) is 0 Å². The van der Waals surface area contributed by atoms with Crippen LogP contribution in [0.4, 0.5) is 0 Å². The highest BCUT2D eigenvalue weighted by Gasteiger charge is 2.16. The summed E-state index contributed by atoms with van der Waals surface area (Å²) in [6.45, 7) is 6.01. The van der Waals surface area contributed by atoms with Crippen LogP contribution in [0.2, 0.25) is 0 Å². The largest absolute Gasteiger partial charge is 0.464 e. The normalized spacial score (nSPS) is 15.7. The van der Waals surface area contributed by atoms with E-state index in [4.69, 9.17) is 4.42 Å². The zero-order valence-corrected chi connectivity index (χ0v) is 15.2. The fraction of sp³-hybridized carbons (Fsp3) is 0.625. The number of nitrogens with zero attached hydrogens (tertiary/aromatic N) is 2. The third-order valence-electron chi connectivity index (χ3n) is 3.95. The minimum atomic E-state index is -0.473. The van der Waals surface area contributed by atoms with Gasteiger partial charge in [-0.1, -0.05) is 0 Å². The number of likely N-dealkylation sites (tertiary alicyclic amines) is 1. The van der Waals surface area contributed by atoms with Crippen molar-refractivity contribution in [3.8, 4) is 0 Å². The summed E-state index contributed by atoms with van der Waals surface area (Å²) in [4.78, 5) is 12.4. The third-order valence-corrected chi connectivity index (χ3v) is 4.93. The van der Waals surface area contributed by atoms with Crippen molar-refractivity contribution in [2.45, 2.75) is 32.1 Å². The van der Waals surface area contributed by atoms with Gasteiger partial charge >= 0.3 is 0 Å². The Balaban J connectivity index is 1.69. The summed E-state index contributed by atoms with van der Waals surface area (Å²) >= 11 is 1.75. The van der Waals surface area contributed by atoms with E-state index in [0.717, 1.165) is 35.8 Å². The molecule has 0 aromatic carbocycles. The van der Waals surface area contributed by atoms with Gasteiger partial charge in [0.2, 0.25) is 0 Å². The summed E-state index contributed by atoms with van der Waals surface area (Å²) in [5.41, 5.74) is 1.22. The van der Waals surface area contributed by atoms with Gasteiger partial charge in [0.15, 0.2) is 5.82 Å². The molecule has 1 saturated heterocycles. The van der Waals surface area contributed by atoms with Crippen molar-refractivity contribution in [1.82, 2.24) is 15.5 Å². The van der Waals surface area contributed by atoms with Gasteiger partial charge in [0, 0.05) is 19.3 Å². The van der Waals surface area contributed by atoms with Crippen LogP contribution in [-0.2, 0) is 12.3 Å². The second kappa shape index (κ2) is 9.58. The summed E-state index contributed by atoms with van der Waals surface area (Å²) in [5.74, 6) is 4.16. The molecule has 0 bridgehead atoms. The Morgan fingerprint density at radius 3 is 2.92 bits per heavy atom. The van der Waals surface area contributed by atoms with Crippen molar-refractivity contribution in [2.24, 2.45) is 0 Å². The van der Waals surface area contributed by atoms with Crippen LogP contribution in [-0.4, -0.2) is 42.3 Å². The average Bonchev–Trinajstić information content (AvgIpc) is 3.16. The highest BCUT2D eigenvalue weighted by atomic mass is 32.2. The Labute approximate surface area is 147 Å². The molecular weight excluding hydrogens is 328 g/mol. The first kappa shape index (κ1) is 18.7. The highest BCUT2D eigenvalue weighted by molar-refractivity contribution is 7.98. The molecule has 1 fully saturated rings. The number of nitrogens with one attached hydrogen (secondary N) is 2. The molecule has 7 nitrogen and oxygen atoms in total. The van der Waals surface area contributed by atoms with E-state index in [0.29, 0.717) is 12.4 Å². The number of furan rings is 1. The third kappa shape index (κ3) is 6.09. The Hall–Kier alpha value is -1.67. The molecule has 0 unspecified atom stereocenters. The zero-order valence-electron chi connectivity index (χ0n) is 14.3. The molecule has 24 heavy (non-hydrogen) atoms. The lowest BCUT2D eigenvalue weighted by Crippen LogP contribution is -2.26. The summed E-state index contributed by atoms with van der Waals surface area (Å²) < 4.78 is 5.98. The number of hydrogen-bond donors (Lipinski definition) is 2. The molecule has 0 saturated carbocycles. The summed E-state index contributed by atoms with van der Waals surface area (Å²) in [5, 5.41) is 16.2. The lowest BCUT2D eigenvalue weighted by atomic mass is 10.2. The predicted octanol–water partition coefficient (Wildman–Crippen LogP) is 2.30. The predicted molar refractivity (Wildman–Crippen MR) is 96.3 cm³/mol. The molecule has 2 N–H and O–H groups in total. The van der Waals surface area contributed by atoms with Crippen LogP contribution in [0.15, 0.2) is 22.5 Å². The molecule has 2 rings (SSSR count). The SMILES string of the molecule is CN/C(=C\[N+](=O)[O-])NCCSCc1cc(C)c(CN2CCCC2)o1. The molecule has 1 aliphatic rings. The lowest BCUT2D eigenvalue weighted by molar-refractivity contribution is -0.404. The van der Waals surface area contributed by atoms with E-state index in [2.05, 4.69) is 28.5 Å². The van der Waals surface area contributed by atoms with Crippen molar-refractivity contribution in [2.75, 3.05) is 32.4 Å². The minimum absolute atomic E-state index is 0.419. The molecule has 2 heterocycles. The van der Waals surface area contributed by atoms with Crippen LogP contribution in [0.5, 0.6) is 0 Å². The maximum atomic E-state index is 10.4. The molecule has 8 heteroatoms. The fourth-order valence-electron chi connectivity index (χ4n) is 2.70.